The average molecular weight is 425 g/mol. The van der Waals surface area contributed by atoms with Gasteiger partial charge >= 0.3 is 6.61 Å². The van der Waals surface area contributed by atoms with Crippen LogP contribution in [0.3, 0.4) is 0 Å². The molecule has 6 nitrogen and oxygen atoms in total. The molecule has 0 heterocycles. The molecule has 1 atom stereocenters. The van der Waals surface area contributed by atoms with Crippen LogP contribution in [0.4, 0.5) is 20.2 Å². The second-order valence-electron chi connectivity index (χ2n) is 6.50. The summed E-state index contributed by atoms with van der Waals surface area (Å²) in [6, 6.07) is 23.0. The first-order valence-electron chi connectivity index (χ1n) is 9.51. The summed E-state index contributed by atoms with van der Waals surface area (Å²) in [5.74, 6) is -1.00. The number of halogens is 2. The molecule has 0 aliphatic carbocycles. The van der Waals surface area contributed by atoms with E-state index in [0.29, 0.717) is 11.3 Å². The second kappa shape index (κ2) is 10.8. The second-order valence-corrected chi connectivity index (χ2v) is 6.50. The molecule has 0 aromatic heterocycles. The molecule has 160 valence electrons. The fraction of sp³-hybridized carbons (Fsp3) is 0.130. The van der Waals surface area contributed by atoms with Crippen molar-refractivity contribution in [2.75, 3.05) is 17.2 Å². The predicted octanol–water partition coefficient (Wildman–Crippen LogP) is 4.20. The zero-order valence-corrected chi connectivity index (χ0v) is 16.4. The van der Waals surface area contributed by atoms with Gasteiger partial charge in [0, 0.05) is 5.69 Å². The molecule has 0 saturated heterocycles. The fourth-order valence-electron chi connectivity index (χ4n) is 2.90. The zero-order chi connectivity index (χ0) is 22.1. The molecule has 0 spiro atoms. The molecule has 0 aliphatic rings. The molecule has 0 saturated carbocycles. The van der Waals surface area contributed by atoms with E-state index in [1.54, 1.807) is 54.6 Å². The molecule has 0 radical (unpaired) electrons. The minimum Gasteiger partial charge on any atom is -0.433 e. The molecule has 0 fully saturated rings. The van der Waals surface area contributed by atoms with Crippen molar-refractivity contribution in [1.82, 2.24) is 5.32 Å². The first kappa shape index (κ1) is 21.9. The Balaban J connectivity index is 1.68. The van der Waals surface area contributed by atoms with Crippen LogP contribution < -0.4 is 20.7 Å². The highest BCUT2D eigenvalue weighted by Gasteiger charge is 2.21. The number of hydrogen-bond donors (Lipinski definition) is 3. The standard InChI is InChI=1S/C23H21F2N3O3/c24-23(25)31-19-14-8-7-13-18(19)28-20(29)15-26-21(16-9-3-1-4-10-16)22(30)27-17-11-5-2-6-12-17/h1-14,21,23,26H,15H2,(H,27,30)(H,28,29). The van der Waals surface area contributed by atoms with Crippen LogP contribution in [0.5, 0.6) is 5.75 Å². The summed E-state index contributed by atoms with van der Waals surface area (Å²) in [6.07, 6.45) is 0. The van der Waals surface area contributed by atoms with Crippen LogP contribution in [0.1, 0.15) is 11.6 Å². The number of hydrogen-bond acceptors (Lipinski definition) is 4. The Labute approximate surface area is 178 Å². The SMILES string of the molecule is O=C(CNC(C(=O)Nc1ccccc1)c1ccccc1)Nc1ccccc1OC(F)F. The summed E-state index contributed by atoms with van der Waals surface area (Å²) in [4.78, 5) is 25.3. The van der Waals surface area contributed by atoms with Crippen molar-refractivity contribution in [3.8, 4) is 5.75 Å². The molecule has 3 aromatic rings. The van der Waals surface area contributed by atoms with E-state index in [2.05, 4.69) is 20.7 Å². The van der Waals surface area contributed by atoms with Crippen molar-refractivity contribution >= 4 is 23.2 Å². The molecule has 8 heteroatoms. The van der Waals surface area contributed by atoms with Crippen molar-refractivity contribution < 1.29 is 23.1 Å². The van der Waals surface area contributed by atoms with E-state index in [1.165, 1.54) is 18.2 Å². The highest BCUT2D eigenvalue weighted by Crippen LogP contribution is 2.25. The third kappa shape index (κ3) is 6.61. The number of ether oxygens (including phenoxy) is 1. The maximum atomic E-state index is 12.9. The Kier molecular flexibility index (Phi) is 7.67. The quantitative estimate of drug-likeness (QED) is 0.480. The van der Waals surface area contributed by atoms with Gasteiger partial charge < -0.3 is 15.4 Å². The number of rotatable bonds is 9. The molecule has 0 aliphatic heterocycles. The van der Waals surface area contributed by atoms with Crippen LogP contribution in [-0.2, 0) is 9.59 Å². The van der Waals surface area contributed by atoms with E-state index in [-0.39, 0.29) is 23.9 Å². The summed E-state index contributed by atoms with van der Waals surface area (Å²) in [7, 11) is 0. The number of carbonyl (C=O) groups excluding carboxylic acids is 2. The number of alkyl halides is 2. The third-order valence-corrected chi connectivity index (χ3v) is 4.28. The van der Waals surface area contributed by atoms with Gasteiger partial charge in [0.05, 0.1) is 12.2 Å². The normalized spacial score (nSPS) is 11.6. The Morgan fingerprint density at radius 1 is 0.806 bits per heavy atom. The van der Waals surface area contributed by atoms with E-state index < -0.39 is 18.6 Å². The number of para-hydroxylation sites is 3. The van der Waals surface area contributed by atoms with Crippen molar-refractivity contribution in [3.05, 3.63) is 90.5 Å². The Morgan fingerprint density at radius 2 is 1.42 bits per heavy atom. The molecule has 3 aromatic carbocycles. The third-order valence-electron chi connectivity index (χ3n) is 4.28. The first-order valence-corrected chi connectivity index (χ1v) is 9.51. The molecule has 3 N–H and O–H groups in total. The van der Waals surface area contributed by atoms with Crippen LogP contribution >= 0.6 is 0 Å². The molecule has 0 bridgehead atoms. The van der Waals surface area contributed by atoms with Crippen LogP contribution in [0.25, 0.3) is 0 Å². The average Bonchev–Trinajstić information content (AvgIpc) is 2.76. The van der Waals surface area contributed by atoms with Crippen molar-refractivity contribution in [1.29, 1.82) is 0 Å². The fourth-order valence-corrected chi connectivity index (χ4v) is 2.90. The minimum absolute atomic E-state index is 0.111. The van der Waals surface area contributed by atoms with Gasteiger partial charge in [-0.3, -0.25) is 14.9 Å². The number of anilines is 2. The van der Waals surface area contributed by atoms with E-state index in [0.717, 1.165) is 0 Å². The van der Waals surface area contributed by atoms with E-state index in [1.807, 2.05) is 12.1 Å². The summed E-state index contributed by atoms with van der Waals surface area (Å²) in [5.41, 5.74) is 1.41. The molecular weight excluding hydrogens is 404 g/mol. The first-order chi connectivity index (χ1) is 15.0. The maximum absolute atomic E-state index is 12.9. The van der Waals surface area contributed by atoms with Gasteiger partial charge in [0.15, 0.2) is 0 Å². The van der Waals surface area contributed by atoms with Gasteiger partial charge in [-0.15, -0.1) is 0 Å². The van der Waals surface area contributed by atoms with Gasteiger partial charge in [-0.2, -0.15) is 8.78 Å². The van der Waals surface area contributed by atoms with E-state index in [4.69, 9.17) is 0 Å². The lowest BCUT2D eigenvalue weighted by Gasteiger charge is -2.19. The number of benzene rings is 3. The highest BCUT2D eigenvalue weighted by molar-refractivity contribution is 5.97. The van der Waals surface area contributed by atoms with Crippen LogP contribution in [-0.4, -0.2) is 25.0 Å². The van der Waals surface area contributed by atoms with Gasteiger partial charge in [-0.05, 0) is 29.8 Å². The number of carbonyl (C=O) groups is 2. The van der Waals surface area contributed by atoms with Gasteiger partial charge in [0.2, 0.25) is 11.8 Å². The number of amides is 2. The molecule has 31 heavy (non-hydrogen) atoms. The number of nitrogens with one attached hydrogen (secondary N) is 3. The van der Waals surface area contributed by atoms with Crippen LogP contribution in [0.2, 0.25) is 0 Å². The lowest BCUT2D eigenvalue weighted by Crippen LogP contribution is -2.37. The van der Waals surface area contributed by atoms with Crippen LogP contribution in [0, 0.1) is 0 Å². The van der Waals surface area contributed by atoms with Gasteiger partial charge in [0.1, 0.15) is 11.8 Å². The molecule has 2 amide bonds. The predicted molar refractivity (Wildman–Crippen MR) is 114 cm³/mol. The Bertz CT molecular complexity index is 1000. The van der Waals surface area contributed by atoms with Crippen molar-refractivity contribution in [3.63, 3.8) is 0 Å². The highest BCUT2D eigenvalue weighted by atomic mass is 19.3. The summed E-state index contributed by atoms with van der Waals surface area (Å²) in [5, 5.41) is 8.25. The summed E-state index contributed by atoms with van der Waals surface area (Å²) >= 11 is 0. The van der Waals surface area contributed by atoms with Gasteiger partial charge in [-0.25, -0.2) is 0 Å². The van der Waals surface area contributed by atoms with Crippen molar-refractivity contribution in [2.24, 2.45) is 0 Å². The van der Waals surface area contributed by atoms with E-state index >= 15 is 0 Å². The van der Waals surface area contributed by atoms with E-state index in [9.17, 15) is 18.4 Å². The lowest BCUT2D eigenvalue weighted by molar-refractivity contribution is -0.119. The van der Waals surface area contributed by atoms with Crippen LogP contribution in [0.15, 0.2) is 84.9 Å². The van der Waals surface area contributed by atoms with Crippen molar-refractivity contribution in [2.45, 2.75) is 12.7 Å². The summed E-state index contributed by atoms with van der Waals surface area (Å²) in [6.45, 7) is -3.24. The monoisotopic (exact) mass is 425 g/mol. The Hall–Kier alpha value is -3.78. The Morgan fingerprint density at radius 3 is 2.10 bits per heavy atom. The smallest absolute Gasteiger partial charge is 0.387 e. The zero-order valence-electron chi connectivity index (χ0n) is 16.4. The lowest BCUT2D eigenvalue weighted by atomic mass is 10.1. The van der Waals surface area contributed by atoms with Gasteiger partial charge in [-0.1, -0.05) is 60.7 Å². The maximum Gasteiger partial charge on any atom is 0.387 e. The molecular formula is C23H21F2N3O3. The van der Waals surface area contributed by atoms with Gasteiger partial charge in [0.25, 0.3) is 0 Å². The largest absolute Gasteiger partial charge is 0.433 e. The minimum atomic E-state index is -3.01. The molecule has 3 rings (SSSR count). The molecule has 1 unspecified atom stereocenters. The topological polar surface area (TPSA) is 79.5 Å². The summed E-state index contributed by atoms with van der Waals surface area (Å²) < 4.78 is 29.5.